The Labute approximate surface area is 147 Å². The number of nitrogens with zero attached hydrogens (tertiary/aromatic N) is 3. The fourth-order valence-corrected chi connectivity index (χ4v) is 3.14. The maximum absolute atomic E-state index is 12.7. The molecule has 132 valence electrons. The summed E-state index contributed by atoms with van der Waals surface area (Å²) >= 11 is 0. The van der Waals surface area contributed by atoms with Gasteiger partial charge in [0, 0.05) is 25.7 Å². The van der Waals surface area contributed by atoms with E-state index in [0.29, 0.717) is 25.0 Å². The second-order valence-corrected chi connectivity index (χ2v) is 6.66. The van der Waals surface area contributed by atoms with Gasteiger partial charge in [0.05, 0.1) is 17.2 Å². The van der Waals surface area contributed by atoms with Crippen LogP contribution in [-0.2, 0) is 0 Å². The van der Waals surface area contributed by atoms with E-state index in [1.807, 2.05) is 49.1 Å². The molecule has 2 amide bonds. The molecule has 0 spiro atoms. The van der Waals surface area contributed by atoms with E-state index < -0.39 is 0 Å². The number of nitrogens with one attached hydrogen (secondary N) is 1. The highest BCUT2D eigenvalue weighted by Crippen LogP contribution is 2.21. The first-order valence-electron chi connectivity index (χ1n) is 8.68. The smallest absolute Gasteiger partial charge is 0.317 e. The molecule has 1 aliphatic heterocycles. The van der Waals surface area contributed by atoms with Gasteiger partial charge in [-0.15, -0.1) is 0 Å². The van der Waals surface area contributed by atoms with Crippen molar-refractivity contribution in [3.8, 4) is 0 Å². The van der Waals surface area contributed by atoms with Gasteiger partial charge < -0.3 is 10.2 Å². The van der Waals surface area contributed by atoms with Crippen molar-refractivity contribution in [2.75, 3.05) is 19.6 Å². The van der Waals surface area contributed by atoms with Crippen molar-refractivity contribution in [3.05, 3.63) is 52.6 Å². The Kier molecular flexibility index (Phi) is 5.16. The molecule has 25 heavy (non-hydrogen) atoms. The fourth-order valence-electron chi connectivity index (χ4n) is 3.14. The monoisotopic (exact) mass is 340 g/mol. The number of carbonyl (C=O) groups excluding carboxylic acids is 1. The van der Waals surface area contributed by atoms with Gasteiger partial charge >= 0.3 is 6.03 Å². The summed E-state index contributed by atoms with van der Waals surface area (Å²) in [5.41, 5.74) is 1.90. The van der Waals surface area contributed by atoms with Crippen molar-refractivity contribution < 1.29 is 4.79 Å². The topological polar surface area (TPSA) is 67.2 Å². The second kappa shape index (κ2) is 7.51. The first-order valence-corrected chi connectivity index (χ1v) is 8.68. The van der Waals surface area contributed by atoms with Crippen molar-refractivity contribution in [1.29, 1.82) is 0 Å². The van der Waals surface area contributed by atoms with Gasteiger partial charge in [0.15, 0.2) is 0 Å². The average Bonchev–Trinajstić information content (AvgIpc) is 2.62. The Hall–Kier alpha value is -2.63. The number of piperidine rings is 1. The first-order chi connectivity index (χ1) is 12.1. The van der Waals surface area contributed by atoms with Crippen LogP contribution in [-0.4, -0.2) is 40.1 Å². The van der Waals surface area contributed by atoms with Crippen LogP contribution in [0, 0.1) is 0 Å². The van der Waals surface area contributed by atoms with E-state index in [4.69, 9.17) is 0 Å². The van der Waals surface area contributed by atoms with Gasteiger partial charge in [-0.05, 0) is 38.8 Å². The van der Waals surface area contributed by atoms with Crippen LogP contribution in [0.3, 0.4) is 0 Å². The van der Waals surface area contributed by atoms with Crippen LogP contribution >= 0.6 is 0 Å². The van der Waals surface area contributed by atoms with Crippen LogP contribution in [0.4, 0.5) is 4.79 Å². The molecule has 0 atom stereocenters. The molecular weight excluding hydrogens is 316 g/mol. The van der Waals surface area contributed by atoms with Gasteiger partial charge in [-0.25, -0.2) is 9.78 Å². The van der Waals surface area contributed by atoms with Crippen molar-refractivity contribution in [2.45, 2.75) is 32.7 Å². The number of para-hydroxylation sites is 1. The first kappa shape index (κ1) is 17.2. The number of likely N-dealkylation sites (tertiary alicyclic amines) is 1. The van der Waals surface area contributed by atoms with Gasteiger partial charge in [0.25, 0.3) is 5.56 Å². The normalized spacial score (nSPS) is 15.2. The van der Waals surface area contributed by atoms with Crippen molar-refractivity contribution >= 4 is 16.9 Å². The minimum atomic E-state index is -0.0417. The molecule has 1 N–H and O–H groups in total. The molecule has 2 aromatic rings. The maximum Gasteiger partial charge on any atom is 0.317 e. The fraction of sp³-hybridized carbons (Fsp3) is 0.421. The molecule has 0 bridgehead atoms. The molecule has 0 saturated carbocycles. The number of hydrogen-bond acceptors (Lipinski definition) is 3. The maximum atomic E-state index is 12.7. The van der Waals surface area contributed by atoms with Crippen molar-refractivity contribution in [1.82, 2.24) is 19.8 Å². The molecule has 0 radical (unpaired) electrons. The highest BCUT2D eigenvalue weighted by Gasteiger charge is 2.24. The van der Waals surface area contributed by atoms with Crippen molar-refractivity contribution in [3.63, 3.8) is 0 Å². The summed E-state index contributed by atoms with van der Waals surface area (Å²) in [4.78, 5) is 31.0. The number of amides is 2. The summed E-state index contributed by atoms with van der Waals surface area (Å²) in [6.45, 7) is 5.85. The predicted molar refractivity (Wildman–Crippen MR) is 98.7 cm³/mol. The third kappa shape index (κ3) is 3.90. The molecule has 1 aromatic carbocycles. The molecule has 0 unspecified atom stereocenters. The van der Waals surface area contributed by atoms with E-state index in [1.165, 1.54) is 5.57 Å². The molecule has 1 fully saturated rings. The summed E-state index contributed by atoms with van der Waals surface area (Å²) in [5.74, 6) is 0. The zero-order valence-electron chi connectivity index (χ0n) is 14.7. The molecule has 0 aliphatic carbocycles. The average molecular weight is 340 g/mol. The summed E-state index contributed by atoms with van der Waals surface area (Å²) in [5, 5.41) is 3.55. The molecular formula is C19H24N4O2. The van der Waals surface area contributed by atoms with E-state index >= 15 is 0 Å². The molecule has 6 heteroatoms. The summed E-state index contributed by atoms with van der Waals surface area (Å²) < 4.78 is 1.72. The zero-order valence-corrected chi connectivity index (χ0v) is 14.7. The summed E-state index contributed by atoms with van der Waals surface area (Å²) in [6.07, 6.45) is 5.15. The zero-order chi connectivity index (χ0) is 17.8. The molecule has 1 saturated heterocycles. The van der Waals surface area contributed by atoms with Crippen LogP contribution in [0.5, 0.6) is 0 Å². The lowest BCUT2D eigenvalue weighted by atomic mass is 10.0. The van der Waals surface area contributed by atoms with Crippen LogP contribution in [0.1, 0.15) is 32.7 Å². The van der Waals surface area contributed by atoms with E-state index in [-0.39, 0.29) is 17.6 Å². The number of carbonyl (C=O) groups is 1. The standard InChI is InChI=1S/C19H24N4O2/c1-14(2)7-10-20-19(25)22-11-8-15(9-12-22)23-13-21-17-6-4-3-5-16(17)18(23)24/h3-7,13,15H,8-12H2,1-2H3,(H,20,25). The van der Waals surface area contributed by atoms with Gasteiger partial charge in [-0.3, -0.25) is 9.36 Å². The number of rotatable bonds is 3. The lowest BCUT2D eigenvalue weighted by Gasteiger charge is -2.32. The number of aromatic nitrogens is 2. The molecule has 2 heterocycles. The quantitative estimate of drug-likeness (QED) is 0.874. The minimum Gasteiger partial charge on any atom is -0.335 e. The molecule has 6 nitrogen and oxygen atoms in total. The van der Waals surface area contributed by atoms with Gasteiger partial charge in [-0.2, -0.15) is 0 Å². The van der Waals surface area contributed by atoms with E-state index in [2.05, 4.69) is 10.3 Å². The summed E-state index contributed by atoms with van der Waals surface area (Å²) in [7, 11) is 0. The van der Waals surface area contributed by atoms with Crippen LogP contribution < -0.4 is 10.9 Å². The molecule has 1 aliphatic rings. The largest absolute Gasteiger partial charge is 0.335 e. The lowest BCUT2D eigenvalue weighted by Crippen LogP contribution is -2.45. The Morgan fingerprint density at radius 3 is 2.72 bits per heavy atom. The van der Waals surface area contributed by atoms with Crippen LogP contribution in [0.2, 0.25) is 0 Å². The number of urea groups is 1. The Morgan fingerprint density at radius 2 is 2.00 bits per heavy atom. The lowest BCUT2D eigenvalue weighted by molar-refractivity contribution is 0.171. The Balaban J connectivity index is 1.65. The number of benzene rings is 1. The van der Waals surface area contributed by atoms with Gasteiger partial charge in [-0.1, -0.05) is 23.8 Å². The van der Waals surface area contributed by atoms with Crippen LogP contribution in [0.25, 0.3) is 10.9 Å². The van der Waals surface area contributed by atoms with Crippen molar-refractivity contribution in [2.24, 2.45) is 0 Å². The second-order valence-electron chi connectivity index (χ2n) is 6.66. The Morgan fingerprint density at radius 1 is 1.28 bits per heavy atom. The number of allylic oxidation sites excluding steroid dienone is 1. The van der Waals surface area contributed by atoms with E-state index in [9.17, 15) is 9.59 Å². The van der Waals surface area contributed by atoms with E-state index in [0.717, 1.165) is 18.4 Å². The minimum absolute atomic E-state index is 0.00272. The third-order valence-electron chi connectivity index (χ3n) is 4.60. The van der Waals surface area contributed by atoms with Gasteiger partial charge in [0.2, 0.25) is 0 Å². The Bertz CT molecular complexity index is 844. The highest BCUT2D eigenvalue weighted by molar-refractivity contribution is 5.77. The third-order valence-corrected chi connectivity index (χ3v) is 4.60. The van der Waals surface area contributed by atoms with E-state index in [1.54, 1.807) is 10.9 Å². The highest BCUT2D eigenvalue weighted by atomic mass is 16.2. The SMILES string of the molecule is CC(C)=CCNC(=O)N1CCC(n2cnc3ccccc3c2=O)CC1. The van der Waals surface area contributed by atoms with Gasteiger partial charge in [0.1, 0.15) is 0 Å². The molecule has 3 rings (SSSR count). The number of hydrogen-bond donors (Lipinski definition) is 1. The number of fused-ring (bicyclic) bond motifs is 1. The molecule has 1 aromatic heterocycles. The predicted octanol–water partition coefficient (Wildman–Crippen LogP) is 2.71. The van der Waals surface area contributed by atoms with Crippen LogP contribution in [0.15, 0.2) is 47.0 Å². The summed E-state index contributed by atoms with van der Waals surface area (Å²) in [6, 6.07) is 7.44.